The molecule has 1 heterocycles. The molecule has 1 atom stereocenters. The Morgan fingerprint density at radius 2 is 2.05 bits per heavy atom. The zero-order valence-corrected chi connectivity index (χ0v) is 12.2. The molecule has 0 spiro atoms. The Morgan fingerprint density at radius 3 is 2.67 bits per heavy atom. The van der Waals surface area contributed by atoms with Crippen LogP contribution < -0.4 is 4.90 Å². The van der Waals surface area contributed by atoms with Crippen LogP contribution in [0.2, 0.25) is 0 Å². The number of fused-ring (bicyclic) bond motifs is 1. The minimum Gasteiger partial charge on any atom is -0.480 e. The third kappa shape index (κ3) is 2.48. The number of hydrogen-bond donors (Lipinski definition) is 1. The van der Waals surface area contributed by atoms with Gasteiger partial charge in [-0.2, -0.15) is 0 Å². The number of carbonyl (C=O) groups excluding carboxylic acids is 1. The highest BCUT2D eigenvalue weighted by Crippen LogP contribution is 2.35. The van der Waals surface area contributed by atoms with Crippen molar-refractivity contribution in [1.82, 2.24) is 4.90 Å². The van der Waals surface area contributed by atoms with Gasteiger partial charge in [0.05, 0.1) is 0 Å². The Labute approximate surface area is 124 Å². The lowest BCUT2D eigenvalue weighted by Gasteiger charge is -2.30. The predicted octanol–water partition coefficient (Wildman–Crippen LogP) is 2.50. The molecule has 1 aliphatic carbocycles. The maximum atomic E-state index is 12.9. The lowest BCUT2D eigenvalue weighted by atomic mass is 10.1. The van der Waals surface area contributed by atoms with Crippen molar-refractivity contribution >= 4 is 17.7 Å². The zero-order valence-electron chi connectivity index (χ0n) is 12.2. The minimum atomic E-state index is -0.938. The summed E-state index contributed by atoms with van der Waals surface area (Å²) in [5, 5.41) is 9.46. The monoisotopic (exact) mass is 288 g/mol. The van der Waals surface area contributed by atoms with Crippen molar-refractivity contribution < 1.29 is 14.7 Å². The summed E-state index contributed by atoms with van der Waals surface area (Å²) >= 11 is 0. The van der Waals surface area contributed by atoms with E-state index >= 15 is 0 Å². The Hall–Kier alpha value is -2.04. The summed E-state index contributed by atoms with van der Waals surface area (Å²) in [5.74, 6) is -0.938. The number of anilines is 1. The zero-order chi connectivity index (χ0) is 15.0. The van der Waals surface area contributed by atoms with Crippen LogP contribution in [0.3, 0.4) is 0 Å². The number of para-hydroxylation sites is 1. The van der Waals surface area contributed by atoms with E-state index in [0.29, 0.717) is 19.0 Å². The van der Waals surface area contributed by atoms with Crippen LogP contribution in [0.15, 0.2) is 24.3 Å². The number of rotatable bonds is 4. The maximum absolute atomic E-state index is 12.9. The highest BCUT2D eigenvalue weighted by atomic mass is 16.4. The molecule has 1 fully saturated rings. The number of urea groups is 1. The first-order valence-electron chi connectivity index (χ1n) is 7.54. The Balaban J connectivity index is 1.93. The number of carboxylic acids is 1. The predicted molar refractivity (Wildman–Crippen MR) is 79.5 cm³/mol. The fourth-order valence-corrected chi connectivity index (χ4v) is 3.02. The molecule has 1 saturated carbocycles. The molecule has 5 nitrogen and oxygen atoms in total. The van der Waals surface area contributed by atoms with Crippen LogP contribution in [0.4, 0.5) is 10.5 Å². The summed E-state index contributed by atoms with van der Waals surface area (Å²) in [7, 11) is 0. The van der Waals surface area contributed by atoms with E-state index in [9.17, 15) is 14.7 Å². The van der Waals surface area contributed by atoms with Gasteiger partial charge in [-0.1, -0.05) is 25.1 Å². The number of carbonyl (C=O) groups is 2. The van der Waals surface area contributed by atoms with Gasteiger partial charge in [0, 0.05) is 24.7 Å². The van der Waals surface area contributed by atoms with Crippen LogP contribution in [-0.4, -0.2) is 40.6 Å². The molecular weight excluding hydrogens is 268 g/mol. The van der Waals surface area contributed by atoms with Gasteiger partial charge in [-0.25, -0.2) is 9.59 Å². The van der Waals surface area contributed by atoms with Gasteiger partial charge in [0.25, 0.3) is 0 Å². The van der Waals surface area contributed by atoms with Gasteiger partial charge in [0.1, 0.15) is 6.04 Å². The molecule has 5 heteroatoms. The molecule has 0 aromatic heterocycles. The number of benzene rings is 1. The summed E-state index contributed by atoms with van der Waals surface area (Å²) in [4.78, 5) is 27.7. The molecule has 1 aromatic carbocycles. The number of aliphatic carboxylic acids is 1. The smallest absolute Gasteiger partial charge is 0.327 e. The van der Waals surface area contributed by atoms with E-state index < -0.39 is 12.0 Å². The first-order chi connectivity index (χ1) is 10.1. The van der Waals surface area contributed by atoms with Crippen LogP contribution in [0.25, 0.3) is 0 Å². The van der Waals surface area contributed by atoms with Gasteiger partial charge in [-0.3, -0.25) is 4.90 Å². The van der Waals surface area contributed by atoms with Gasteiger partial charge in [-0.05, 0) is 30.9 Å². The molecule has 0 bridgehead atoms. The van der Waals surface area contributed by atoms with Gasteiger partial charge < -0.3 is 10.0 Å². The average molecular weight is 288 g/mol. The fourth-order valence-electron chi connectivity index (χ4n) is 3.02. The number of nitrogens with zero attached hydrogens (tertiary/aromatic N) is 2. The Bertz CT molecular complexity index is 568. The quantitative estimate of drug-likeness (QED) is 0.926. The summed E-state index contributed by atoms with van der Waals surface area (Å²) in [6.45, 7) is 2.73. The SMILES string of the molecule is CCCN(C(=O)N1c2ccccc2CC1C(=O)O)C1CC1. The molecule has 1 aromatic rings. The Kier molecular flexibility index (Phi) is 3.57. The summed E-state index contributed by atoms with van der Waals surface area (Å²) in [6, 6.07) is 6.83. The largest absolute Gasteiger partial charge is 0.480 e. The topological polar surface area (TPSA) is 60.9 Å². The molecule has 3 rings (SSSR count). The van der Waals surface area contributed by atoms with E-state index in [1.54, 1.807) is 0 Å². The van der Waals surface area contributed by atoms with Gasteiger partial charge in [0.15, 0.2) is 0 Å². The molecule has 1 N–H and O–H groups in total. The van der Waals surface area contributed by atoms with Crippen molar-refractivity contribution in [1.29, 1.82) is 0 Å². The maximum Gasteiger partial charge on any atom is 0.327 e. The Morgan fingerprint density at radius 1 is 1.33 bits per heavy atom. The molecule has 1 aliphatic heterocycles. The lowest BCUT2D eigenvalue weighted by molar-refractivity contribution is -0.138. The van der Waals surface area contributed by atoms with Crippen LogP contribution in [0.5, 0.6) is 0 Å². The highest BCUT2D eigenvalue weighted by Gasteiger charge is 2.43. The van der Waals surface area contributed by atoms with E-state index in [4.69, 9.17) is 0 Å². The number of carboxylic acid groups (broad SMARTS) is 1. The van der Waals surface area contributed by atoms with Crippen LogP contribution >= 0.6 is 0 Å². The van der Waals surface area contributed by atoms with Gasteiger partial charge in [0.2, 0.25) is 0 Å². The van der Waals surface area contributed by atoms with E-state index in [0.717, 1.165) is 30.5 Å². The minimum absolute atomic E-state index is 0.156. The summed E-state index contributed by atoms with van der Waals surface area (Å²) in [6.07, 6.45) is 3.33. The first kappa shape index (κ1) is 13.9. The number of amides is 2. The molecule has 0 saturated heterocycles. The van der Waals surface area contributed by atoms with Gasteiger partial charge >= 0.3 is 12.0 Å². The second kappa shape index (κ2) is 5.39. The fraction of sp³-hybridized carbons (Fsp3) is 0.500. The third-order valence-electron chi connectivity index (χ3n) is 4.17. The second-order valence-electron chi connectivity index (χ2n) is 5.76. The van der Waals surface area contributed by atoms with Crippen molar-refractivity contribution in [2.24, 2.45) is 0 Å². The molecule has 2 aliphatic rings. The summed E-state index contributed by atoms with van der Waals surface area (Å²) < 4.78 is 0. The molecule has 2 amide bonds. The van der Waals surface area contributed by atoms with E-state index in [2.05, 4.69) is 0 Å². The van der Waals surface area contributed by atoms with Gasteiger partial charge in [-0.15, -0.1) is 0 Å². The highest BCUT2D eigenvalue weighted by molar-refractivity contribution is 6.01. The third-order valence-corrected chi connectivity index (χ3v) is 4.17. The molecule has 1 unspecified atom stereocenters. The van der Waals surface area contributed by atoms with Crippen LogP contribution in [0, 0.1) is 0 Å². The molecule has 21 heavy (non-hydrogen) atoms. The van der Waals surface area contributed by atoms with E-state index in [1.807, 2.05) is 36.1 Å². The first-order valence-corrected chi connectivity index (χ1v) is 7.54. The van der Waals surface area contributed by atoms with Crippen molar-refractivity contribution in [3.8, 4) is 0 Å². The summed E-state index contributed by atoms with van der Waals surface area (Å²) in [5.41, 5.74) is 1.68. The number of hydrogen-bond acceptors (Lipinski definition) is 2. The lowest BCUT2D eigenvalue weighted by Crippen LogP contribution is -2.50. The van der Waals surface area contributed by atoms with E-state index in [1.165, 1.54) is 4.90 Å². The van der Waals surface area contributed by atoms with Crippen molar-refractivity contribution in [3.63, 3.8) is 0 Å². The van der Waals surface area contributed by atoms with Crippen LogP contribution in [0.1, 0.15) is 31.7 Å². The van der Waals surface area contributed by atoms with Crippen molar-refractivity contribution in [3.05, 3.63) is 29.8 Å². The average Bonchev–Trinajstić information content (AvgIpc) is 3.23. The van der Waals surface area contributed by atoms with Crippen LogP contribution in [-0.2, 0) is 11.2 Å². The van der Waals surface area contributed by atoms with E-state index in [-0.39, 0.29) is 6.03 Å². The molecular formula is C16H20N2O3. The molecule has 0 radical (unpaired) electrons. The normalized spacial score (nSPS) is 20.2. The molecule has 112 valence electrons. The standard InChI is InChI=1S/C16H20N2O3/c1-2-9-17(12-7-8-12)16(21)18-13-6-4-3-5-11(13)10-14(18)15(19)20/h3-6,12,14H,2,7-10H2,1H3,(H,19,20). The second-order valence-corrected chi connectivity index (χ2v) is 5.76. The van der Waals surface area contributed by atoms with Crippen molar-refractivity contribution in [2.45, 2.75) is 44.7 Å². The van der Waals surface area contributed by atoms with Crippen molar-refractivity contribution in [2.75, 3.05) is 11.4 Å².